The van der Waals surface area contributed by atoms with E-state index in [0.717, 1.165) is 37.3 Å². The summed E-state index contributed by atoms with van der Waals surface area (Å²) in [7, 11) is 0. The molecule has 0 unspecified atom stereocenters. The van der Waals surface area contributed by atoms with Gasteiger partial charge in [0.05, 0.1) is 0 Å². The van der Waals surface area contributed by atoms with Crippen LogP contribution in [0.4, 0.5) is 0 Å². The molecule has 1 atom stereocenters. The van der Waals surface area contributed by atoms with Crippen molar-refractivity contribution in [1.29, 1.82) is 0 Å². The Morgan fingerprint density at radius 1 is 1.37 bits per heavy atom. The number of nitrogens with one attached hydrogen (secondary N) is 1. The number of phenols is 1. The smallest absolute Gasteiger partial charge is 0.123 e. The number of aromatic hydroxyl groups is 1. The predicted molar refractivity (Wildman–Crippen MR) is 76.7 cm³/mol. The molecule has 4 nitrogen and oxygen atoms in total. The number of halogens is 1. The number of rotatable bonds is 4. The zero-order valence-corrected chi connectivity index (χ0v) is 12.0. The van der Waals surface area contributed by atoms with E-state index < -0.39 is 0 Å². The van der Waals surface area contributed by atoms with E-state index in [1.807, 2.05) is 13.0 Å². The Hall–Kier alpha value is -0.810. The second kappa shape index (κ2) is 6.57. The summed E-state index contributed by atoms with van der Waals surface area (Å²) < 4.78 is 0. The van der Waals surface area contributed by atoms with Crippen molar-refractivity contribution < 1.29 is 10.2 Å². The van der Waals surface area contributed by atoms with Crippen LogP contribution >= 0.6 is 11.6 Å². The molecule has 1 aliphatic heterocycles. The maximum Gasteiger partial charge on any atom is 0.123 e. The van der Waals surface area contributed by atoms with Crippen LogP contribution in [-0.4, -0.2) is 47.9 Å². The number of nitrogens with zero attached hydrogens (tertiary/aromatic N) is 1. The van der Waals surface area contributed by atoms with Gasteiger partial charge in [-0.2, -0.15) is 0 Å². The molecule has 0 bridgehead atoms. The first-order valence-electron chi connectivity index (χ1n) is 6.68. The Labute approximate surface area is 119 Å². The van der Waals surface area contributed by atoms with Gasteiger partial charge >= 0.3 is 0 Å². The highest BCUT2D eigenvalue weighted by Gasteiger charge is 2.25. The Bertz CT molecular complexity index is 434. The van der Waals surface area contributed by atoms with Gasteiger partial charge in [-0.25, -0.2) is 0 Å². The van der Waals surface area contributed by atoms with Gasteiger partial charge in [-0.15, -0.1) is 0 Å². The summed E-state index contributed by atoms with van der Waals surface area (Å²) >= 11 is 6.10. The molecule has 1 aromatic rings. The molecular formula is C14H21ClN2O2. The largest absolute Gasteiger partial charge is 0.507 e. The second-order valence-electron chi connectivity index (χ2n) is 4.97. The highest BCUT2D eigenvalue weighted by Crippen LogP contribution is 2.35. The van der Waals surface area contributed by atoms with Crippen LogP contribution in [0.25, 0.3) is 0 Å². The van der Waals surface area contributed by atoms with Crippen LogP contribution in [0.2, 0.25) is 5.02 Å². The van der Waals surface area contributed by atoms with E-state index in [-0.39, 0.29) is 12.6 Å². The molecule has 0 radical (unpaired) electrons. The highest BCUT2D eigenvalue weighted by atomic mass is 35.5. The molecule has 1 aromatic carbocycles. The van der Waals surface area contributed by atoms with E-state index in [0.29, 0.717) is 17.2 Å². The van der Waals surface area contributed by atoms with Gasteiger partial charge in [-0.3, -0.25) is 4.90 Å². The van der Waals surface area contributed by atoms with Crippen LogP contribution in [0.5, 0.6) is 5.75 Å². The highest BCUT2D eigenvalue weighted by molar-refractivity contribution is 6.30. The molecule has 1 saturated heterocycles. The standard InChI is InChI=1S/C14H21ClN2O2/c1-10-8-11(15)9-12(14(10)19)13(2-7-18)17-5-3-16-4-6-17/h8-9,13,16,18-19H,2-7H2,1H3/t13-/m1/s1. The Morgan fingerprint density at radius 2 is 2.05 bits per heavy atom. The van der Waals surface area contributed by atoms with Gasteiger partial charge < -0.3 is 15.5 Å². The van der Waals surface area contributed by atoms with Gasteiger partial charge in [-0.05, 0) is 31.0 Å². The van der Waals surface area contributed by atoms with Crippen molar-refractivity contribution in [2.24, 2.45) is 0 Å². The van der Waals surface area contributed by atoms with E-state index in [1.165, 1.54) is 0 Å². The minimum atomic E-state index is 0.0181. The Kier molecular flexibility index (Phi) is 5.05. The molecule has 1 heterocycles. The molecule has 0 aliphatic carbocycles. The van der Waals surface area contributed by atoms with Crippen LogP contribution in [0.3, 0.4) is 0 Å². The van der Waals surface area contributed by atoms with Crippen molar-refractivity contribution in [1.82, 2.24) is 10.2 Å². The Morgan fingerprint density at radius 3 is 2.68 bits per heavy atom. The molecule has 1 fully saturated rings. The normalized spacial score (nSPS) is 18.5. The molecule has 2 rings (SSSR count). The number of hydrogen-bond donors (Lipinski definition) is 3. The Balaban J connectivity index is 2.32. The van der Waals surface area contributed by atoms with Gasteiger partial charge in [-0.1, -0.05) is 11.6 Å². The lowest BCUT2D eigenvalue weighted by atomic mass is 9.98. The minimum absolute atomic E-state index is 0.0181. The van der Waals surface area contributed by atoms with Crippen LogP contribution in [0, 0.1) is 6.92 Å². The maximum atomic E-state index is 10.3. The monoisotopic (exact) mass is 284 g/mol. The second-order valence-corrected chi connectivity index (χ2v) is 5.41. The fourth-order valence-corrected chi connectivity index (χ4v) is 2.95. The van der Waals surface area contributed by atoms with Gasteiger partial charge in [0.25, 0.3) is 0 Å². The summed E-state index contributed by atoms with van der Waals surface area (Å²) in [5.41, 5.74) is 1.60. The molecule has 106 valence electrons. The van der Waals surface area contributed by atoms with E-state index in [1.54, 1.807) is 6.07 Å². The van der Waals surface area contributed by atoms with Crippen molar-refractivity contribution in [2.75, 3.05) is 32.8 Å². The SMILES string of the molecule is Cc1cc(Cl)cc([C@@H](CCO)N2CCNCC2)c1O. The number of hydrogen-bond acceptors (Lipinski definition) is 4. The first-order valence-corrected chi connectivity index (χ1v) is 7.06. The third-order valence-electron chi connectivity index (χ3n) is 3.65. The number of piperazine rings is 1. The molecule has 3 N–H and O–H groups in total. The number of phenolic OH excluding ortho intramolecular Hbond substituents is 1. The lowest BCUT2D eigenvalue weighted by molar-refractivity contribution is 0.139. The van der Waals surface area contributed by atoms with Crippen LogP contribution < -0.4 is 5.32 Å². The van der Waals surface area contributed by atoms with Gasteiger partial charge in [0.1, 0.15) is 5.75 Å². The molecular weight excluding hydrogens is 264 g/mol. The number of aryl methyl sites for hydroxylation is 1. The molecule has 5 heteroatoms. The van der Waals surface area contributed by atoms with Gasteiger partial charge in [0, 0.05) is 49.4 Å². The first-order chi connectivity index (χ1) is 9.13. The number of benzene rings is 1. The number of aliphatic hydroxyl groups excluding tert-OH is 1. The fraction of sp³-hybridized carbons (Fsp3) is 0.571. The fourth-order valence-electron chi connectivity index (χ4n) is 2.67. The summed E-state index contributed by atoms with van der Waals surface area (Å²) in [4.78, 5) is 2.29. The van der Waals surface area contributed by atoms with Crippen LogP contribution in [-0.2, 0) is 0 Å². The van der Waals surface area contributed by atoms with Crippen molar-refractivity contribution in [3.8, 4) is 5.75 Å². The van der Waals surface area contributed by atoms with Crippen LogP contribution in [0.1, 0.15) is 23.6 Å². The van der Waals surface area contributed by atoms with E-state index in [4.69, 9.17) is 11.6 Å². The van der Waals surface area contributed by atoms with E-state index in [2.05, 4.69) is 10.2 Å². The van der Waals surface area contributed by atoms with E-state index >= 15 is 0 Å². The molecule has 0 amide bonds. The minimum Gasteiger partial charge on any atom is -0.507 e. The first kappa shape index (κ1) is 14.6. The van der Waals surface area contributed by atoms with Crippen molar-refractivity contribution >= 4 is 11.6 Å². The van der Waals surface area contributed by atoms with Crippen LogP contribution in [0.15, 0.2) is 12.1 Å². The molecule has 1 aliphatic rings. The zero-order valence-electron chi connectivity index (χ0n) is 11.2. The van der Waals surface area contributed by atoms with Gasteiger partial charge in [0.2, 0.25) is 0 Å². The number of aliphatic hydroxyl groups is 1. The van der Waals surface area contributed by atoms with Crippen molar-refractivity contribution in [3.05, 3.63) is 28.3 Å². The third-order valence-corrected chi connectivity index (χ3v) is 3.87. The average molecular weight is 285 g/mol. The zero-order chi connectivity index (χ0) is 13.8. The molecule has 19 heavy (non-hydrogen) atoms. The van der Waals surface area contributed by atoms with Gasteiger partial charge in [0.15, 0.2) is 0 Å². The lowest BCUT2D eigenvalue weighted by Crippen LogP contribution is -2.45. The third kappa shape index (κ3) is 3.39. The lowest BCUT2D eigenvalue weighted by Gasteiger charge is -2.35. The average Bonchev–Trinajstić information content (AvgIpc) is 2.41. The summed E-state index contributed by atoms with van der Waals surface area (Å²) in [6.07, 6.45) is 0.605. The summed E-state index contributed by atoms with van der Waals surface area (Å²) in [5, 5.41) is 23.5. The summed E-state index contributed by atoms with van der Waals surface area (Å²) in [6, 6.07) is 3.59. The summed E-state index contributed by atoms with van der Waals surface area (Å²) in [6.45, 7) is 5.63. The molecule has 0 aromatic heterocycles. The molecule has 0 saturated carbocycles. The molecule has 0 spiro atoms. The summed E-state index contributed by atoms with van der Waals surface area (Å²) in [5.74, 6) is 0.293. The van der Waals surface area contributed by atoms with Crippen molar-refractivity contribution in [3.63, 3.8) is 0 Å². The van der Waals surface area contributed by atoms with E-state index in [9.17, 15) is 10.2 Å². The predicted octanol–water partition coefficient (Wildman–Crippen LogP) is 1.68. The maximum absolute atomic E-state index is 10.3. The quantitative estimate of drug-likeness (QED) is 0.787. The van der Waals surface area contributed by atoms with Crippen molar-refractivity contribution in [2.45, 2.75) is 19.4 Å². The topological polar surface area (TPSA) is 55.7 Å².